The van der Waals surface area contributed by atoms with Gasteiger partial charge in [0, 0.05) is 7.05 Å². The number of amides is 2. The van der Waals surface area contributed by atoms with Gasteiger partial charge in [-0.1, -0.05) is 6.92 Å². The Morgan fingerprint density at radius 1 is 1.41 bits per heavy atom. The number of rotatable bonds is 5. The molecule has 0 aromatic rings. The standard InChI is InChI=1S/C9H16F3N3O2/c1-3-6(13)8(17)15(2)4-7(16)14-5-9(10,11)12/h6H,3-5,13H2,1-2H3,(H,14,16)/t6-/m0/s1. The topological polar surface area (TPSA) is 75.4 Å². The van der Waals surface area contributed by atoms with E-state index in [-0.39, 0.29) is 0 Å². The molecule has 8 heteroatoms. The van der Waals surface area contributed by atoms with Gasteiger partial charge in [-0.25, -0.2) is 0 Å². The lowest BCUT2D eigenvalue weighted by Gasteiger charge is -2.20. The van der Waals surface area contributed by atoms with E-state index < -0.39 is 37.1 Å². The van der Waals surface area contributed by atoms with Crippen molar-refractivity contribution in [2.45, 2.75) is 25.6 Å². The summed E-state index contributed by atoms with van der Waals surface area (Å²) in [5, 5.41) is 1.67. The van der Waals surface area contributed by atoms with Crippen molar-refractivity contribution in [1.29, 1.82) is 0 Å². The summed E-state index contributed by atoms with van der Waals surface area (Å²) in [7, 11) is 1.31. The molecule has 2 amide bonds. The first-order chi connectivity index (χ1) is 7.67. The zero-order valence-electron chi connectivity index (χ0n) is 9.67. The Kier molecular flexibility index (Phi) is 5.94. The molecule has 0 saturated carbocycles. The molecule has 0 aliphatic heterocycles. The third kappa shape index (κ3) is 6.77. The largest absolute Gasteiger partial charge is 0.405 e. The molecule has 5 nitrogen and oxygen atoms in total. The van der Waals surface area contributed by atoms with Gasteiger partial charge in [-0.2, -0.15) is 13.2 Å². The van der Waals surface area contributed by atoms with Gasteiger partial charge in [-0.15, -0.1) is 0 Å². The fourth-order valence-electron chi connectivity index (χ4n) is 1.01. The van der Waals surface area contributed by atoms with Crippen LogP contribution in [0.4, 0.5) is 13.2 Å². The van der Waals surface area contributed by atoms with E-state index in [1.165, 1.54) is 7.05 Å². The van der Waals surface area contributed by atoms with Crippen molar-refractivity contribution in [3.63, 3.8) is 0 Å². The second-order valence-corrected chi connectivity index (χ2v) is 3.60. The molecule has 0 aliphatic rings. The highest BCUT2D eigenvalue weighted by Gasteiger charge is 2.28. The summed E-state index contributed by atoms with van der Waals surface area (Å²) in [5.74, 6) is -1.35. The molecule has 0 aromatic heterocycles. The van der Waals surface area contributed by atoms with Crippen LogP contribution < -0.4 is 11.1 Å². The van der Waals surface area contributed by atoms with Gasteiger partial charge in [0.1, 0.15) is 6.54 Å². The van der Waals surface area contributed by atoms with Crippen molar-refractivity contribution < 1.29 is 22.8 Å². The van der Waals surface area contributed by atoms with Crippen LogP contribution in [0.3, 0.4) is 0 Å². The highest BCUT2D eigenvalue weighted by Crippen LogP contribution is 2.11. The molecular weight excluding hydrogens is 239 g/mol. The summed E-state index contributed by atoms with van der Waals surface area (Å²) in [5.41, 5.74) is 5.43. The van der Waals surface area contributed by atoms with Crippen molar-refractivity contribution in [2.75, 3.05) is 20.1 Å². The van der Waals surface area contributed by atoms with Crippen LogP contribution >= 0.6 is 0 Å². The third-order valence-electron chi connectivity index (χ3n) is 2.00. The number of carbonyl (C=O) groups excluding carboxylic acids is 2. The molecule has 0 aliphatic carbocycles. The molecule has 0 aromatic carbocycles. The molecule has 17 heavy (non-hydrogen) atoms. The number of hydrogen-bond donors (Lipinski definition) is 2. The van der Waals surface area contributed by atoms with E-state index in [9.17, 15) is 22.8 Å². The van der Waals surface area contributed by atoms with E-state index in [1.54, 1.807) is 12.2 Å². The van der Waals surface area contributed by atoms with Crippen molar-refractivity contribution in [2.24, 2.45) is 5.73 Å². The van der Waals surface area contributed by atoms with E-state index in [0.29, 0.717) is 6.42 Å². The van der Waals surface area contributed by atoms with Gasteiger partial charge in [-0.05, 0) is 6.42 Å². The molecule has 0 unspecified atom stereocenters. The fraction of sp³-hybridized carbons (Fsp3) is 0.778. The number of alkyl halides is 3. The van der Waals surface area contributed by atoms with Gasteiger partial charge in [0.15, 0.2) is 0 Å². The maximum Gasteiger partial charge on any atom is 0.405 e. The first-order valence-electron chi connectivity index (χ1n) is 5.01. The molecule has 0 saturated heterocycles. The average Bonchev–Trinajstić information content (AvgIpc) is 2.23. The number of halogens is 3. The minimum absolute atomic E-state index is 0.396. The summed E-state index contributed by atoms with van der Waals surface area (Å²) < 4.78 is 35.3. The van der Waals surface area contributed by atoms with Gasteiger partial charge < -0.3 is 16.0 Å². The summed E-state index contributed by atoms with van der Waals surface area (Å²) >= 11 is 0. The van der Waals surface area contributed by atoms with Crippen LogP contribution in [-0.4, -0.2) is 49.1 Å². The van der Waals surface area contributed by atoms with Crippen LogP contribution in [0.1, 0.15) is 13.3 Å². The van der Waals surface area contributed by atoms with Gasteiger partial charge in [0.05, 0.1) is 12.6 Å². The summed E-state index contributed by atoms with van der Waals surface area (Å²) in [6.07, 6.45) is -4.06. The monoisotopic (exact) mass is 255 g/mol. The Hall–Kier alpha value is -1.31. The Labute approximate surface area is 97.1 Å². The van der Waals surface area contributed by atoms with Crippen LogP contribution in [0.5, 0.6) is 0 Å². The molecule has 3 N–H and O–H groups in total. The highest BCUT2D eigenvalue weighted by molar-refractivity contribution is 5.87. The molecular formula is C9H16F3N3O2. The predicted octanol–water partition coefficient (Wildman–Crippen LogP) is -0.139. The normalized spacial score (nSPS) is 13.1. The predicted molar refractivity (Wildman–Crippen MR) is 55.0 cm³/mol. The Morgan fingerprint density at radius 2 is 1.94 bits per heavy atom. The van der Waals surface area contributed by atoms with E-state index >= 15 is 0 Å². The lowest BCUT2D eigenvalue weighted by atomic mass is 10.2. The number of carbonyl (C=O) groups is 2. The maximum absolute atomic E-state index is 11.8. The highest BCUT2D eigenvalue weighted by atomic mass is 19.4. The minimum atomic E-state index is -4.46. The zero-order chi connectivity index (χ0) is 13.6. The van der Waals surface area contributed by atoms with E-state index in [1.807, 2.05) is 0 Å². The van der Waals surface area contributed by atoms with Crippen LogP contribution in [0, 0.1) is 0 Å². The van der Waals surface area contributed by atoms with Gasteiger partial charge in [-0.3, -0.25) is 9.59 Å². The Balaban J connectivity index is 4.08. The number of hydrogen-bond acceptors (Lipinski definition) is 3. The van der Waals surface area contributed by atoms with E-state index in [2.05, 4.69) is 0 Å². The minimum Gasteiger partial charge on any atom is -0.345 e. The number of likely N-dealkylation sites (N-methyl/N-ethyl adjacent to an activating group) is 1. The second-order valence-electron chi connectivity index (χ2n) is 3.60. The fourth-order valence-corrected chi connectivity index (χ4v) is 1.01. The molecule has 0 heterocycles. The molecule has 0 radical (unpaired) electrons. The number of nitrogens with one attached hydrogen (secondary N) is 1. The molecule has 1 atom stereocenters. The summed E-state index contributed by atoms with van der Waals surface area (Å²) in [6.45, 7) is -0.156. The van der Waals surface area contributed by atoms with Gasteiger partial charge in [0.2, 0.25) is 11.8 Å². The first-order valence-corrected chi connectivity index (χ1v) is 5.01. The zero-order valence-corrected chi connectivity index (χ0v) is 9.67. The molecule has 0 spiro atoms. The summed E-state index contributed by atoms with van der Waals surface area (Å²) in [4.78, 5) is 23.5. The number of nitrogens with zero attached hydrogens (tertiary/aromatic N) is 1. The molecule has 0 fully saturated rings. The maximum atomic E-state index is 11.8. The molecule has 0 bridgehead atoms. The van der Waals surface area contributed by atoms with Crippen LogP contribution in [-0.2, 0) is 9.59 Å². The van der Waals surface area contributed by atoms with Crippen molar-refractivity contribution in [1.82, 2.24) is 10.2 Å². The molecule has 0 rings (SSSR count). The number of nitrogens with two attached hydrogens (primary N) is 1. The molecule has 100 valence electrons. The lowest BCUT2D eigenvalue weighted by molar-refractivity contribution is -0.142. The Bertz CT molecular complexity index is 281. The SMILES string of the molecule is CC[C@H](N)C(=O)N(C)CC(=O)NCC(F)(F)F. The Morgan fingerprint density at radius 3 is 2.35 bits per heavy atom. The van der Waals surface area contributed by atoms with E-state index in [0.717, 1.165) is 4.90 Å². The lowest BCUT2D eigenvalue weighted by Crippen LogP contribution is -2.46. The second kappa shape index (κ2) is 6.43. The third-order valence-corrected chi connectivity index (χ3v) is 2.00. The van der Waals surface area contributed by atoms with Crippen molar-refractivity contribution in [3.05, 3.63) is 0 Å². The van der Waals surface area contributed by atoms with Crippen molar-refractivity contribution >= 4 is 11.8 Å². The summed E-state index contributed by atoms with van der Waals surface area (Å²) in [6, 6.07) is -0.740. The average molecular weight is 255 g/mol. The van der Waals surface area contributed by atoms with Crippen LogP contribution in [0.2, 0.25) is 0 Å². The van der Waals surface area contributed by atoms with Gasteiger partial charge >= 0.3 is 6.18 Å². The van der Waals surface area contributed by atoms with Crippen LogP contribution in [0.15, 0.2) is 0 Å². The first kappa shape index (κ1) is 15.7. The smallest absolute Gasteiger partial charge is 0.345 e. The van der Waals surface area contributed by atoms with E-state index in [4.69, 9.17) is 5.73 Å². The van der Waals surface area contributed by atoms with Crippen LogP contribution in [0.25, 0.3) is 0 Å². The quantitative estimate of drug-likeness (QED) is 0.718. The van der Waals surface area contributed by atoms with Crippen molar-refractivity contribution in [3.8, 4) is 0 Å². The van der Waals surface area contributed by atoms with Gasteiger partial charge in [0.25, 0.3) is 0 Å².